The second kappa shape index (κ2) is 5.67. The van der Waals surface area contributed by atoms with Gasteiger partial charge in [0.05, 0.1) is 12.5 Å². The van der Waals surface area contributed by atoms with Crippen molar-refractivity contribution < 1.29 is 9.59 Å². The zero-order valence-corrected chi connectivity index (χ0v) is 10.6. The Morgan fingerprint density at radius 2 is 2.11 bits per heavy atom. The number of amides is 2. The van der Waals surface area contributed by atoms with Gasteiger partial charge in [0.1, 0.15) is 0 Å². The highest BCUT2D eigenvalue weighted by Crippen LogP contribution is 2.26. The molecule has 2 rings (SSSR count). The van der Waals surface area contributed by atoms with Crippen LogP contribution < -0.4 is 16.8 Å². The third-order valence-electron chi connectivity index (χ3n) is 3.92. The van der Waals surface area contributed by atoms with Gasteiger partial charge in [0.25, 0.3) is 0 Å². The highest BCUT2D eigenvalue weighted by Gasteiger charge is 2.32. The number of fused-ring (bicyclic) bond motifs is 1. The third kappa shape index (κ3) is 3.20. The Hall–Kier alpha value is -1.14. The first kappa shape index (κ1) is 13.3. The first-order valence-electron chi connectivity index (χ1n) is 6.64. The summed E-state index contributed by atoms with van der Waals surface area (Å²) in [5, 5.41) is 2.94. The van der Waals surface area contributed by atoms with Gasteiger partial charge in [-0.25, -0.2) is 0 Å². The van der Waals surface area contributed by atoms with Crippen LogP contribution in [0, 0.1) is 0 Å². The van der Waals surface area contributed by atoms with Gasteiger partial charge in [-0.2, -0.15) is 0 Å². The molecule has 2 heterocycles. The van der Waals surface area contributed by atoms with E-state index in [9.17, 15) is 9.59 Å². The van der Waals surface area contributed by atoms with Crippen LogP contribution in [-0.4, -0.2) is 47.9 Å². The van der Waals surface area contributed by atoms with E-state index < -0.39 is 11.9 Å². The molecule has 0 bridgehead atoms. The van der Waals surface area contributed by atoms with Crippen molar-refractivity contribution >= 4 is 11.8 Å². The van der Waals surface area contributed by atoms with Gasteiger partial charge in [-0.15, -0.1) is 0 Å². The first-order valence-corrected chi connectivity index (χ1v) is 6.64. The number of piperidine rings is 1. The molecule has 18 heavy (non-hydrogen) atoms. The summed E-state index contributed by atoms with van der Waals surface area (Å²) >= 11 is 0. The van der Waals surface area contributed by atoms with Crippen LogP contribution in [0.25, 0.3) is 0 Å². The van der Waals surface area contributed by atoms with Crippen LogP contribution in [0.15, 0.2) is 0 Å². The largest absolute Gasteiger partial charge is 0.370 e. The summed E-state index contributed by atoms with van der Waals surface area (Å²) in [5.41, 5.74) is 10.6. The summed E-state index contributed by atoms with van der Waals surface area (Å²) in [7, 11) is 0. The predicted molar refractivity (Wildman–Crippen MR) is 67.5 cm³/mol. The average Bonchev–Trinajstić information content (AvgIpc) is 2.75. The van der Waals surface area contributed by atoms with Gasteiger partial charge in [-0.1, -0.05) is 0 Å². The highest BCUT2D eigenvalue weighted by atomic mass is 16.2. The smallest absolute Gasteiger partial charge is 0.237 e. The van der Waals surface area contributed by atoms with E-state index in [1.165, 1.54) is 19.4 Å². The van der Waals surface area contributed by atoms with Crippen LogP contribution in [0.4, 0.5) is 0 Å². The number of carbonyl (C=O) groups is 2. The standard InChI is InChI=1S/C12H22N4O2/c13-10(7-11(14)17)12(18)15-8-3-5-16-4-1-2-9(16)6-8/h8-10H,1-7,13H2,(H2,14,17)(H,15,18). The molecular formula is C12H22N4O2. The molecule has 2 aliphatic heterocycles. The molecule has 0 aromatic rings. The molecule has 0 aliphatic carbocycles. The summed E-state index contributed by atoms with van der Waals surface area (Å²) in [5.74, 6) is -0.798. The molecule has 3 atom stereocenters. The highest BCUT2D eigenvalue weighted by molar-refractivity contribution is 5.87. The number of carbonyl (C=O) groups excluding carboxylic acids is 2. The van der Waals surface area contributed by atoms with Crippen molar-refractivity contribution in [1.29, 1.82) is 0 Å². The van der Waals surface area contributed by atoms with Gasteiger partial charge in [0.15, 0.2) is 0 Å². The Kier molecular flexibility index (Phi) is 4.19. The molecule has 2 fully saturated rings. The van der Waals surface area contributed by atoms with Crippen LogP contribution in [0.1, 0.15) is 32.1 Å². The van der Waals surface area contributed by atoms with E-state index in [0.29, 0.717) is 6.04 Å². The second-order valence-electron chi connectivity index (χ2n) is 5.34. The van der Waals surface area contributed by atoms with E-state index in [1.807, 2.05) is 0 Å². The van der Waals surface area contributed by atoms with Crippen molar-refractivity contribution in [2.45, 2.75) is 50.2 Å². The number of nitrogens with one attached hydrogen (secondary N) is 1. The van der Waals surface area contributed by atoms with E-state index in [4.69, 9.17) is 11.5 Å². The van der Waals surface area contributed by atoms with Gasteiger partial charge >= 0.3 is 0 Å². The Morgan fingerprint density at radius 3 is 2.83 bits per heavy atom. The second-order valence-corrected chi connectivity index (χ2v) is 5.34. The van der Waals surface area contributed by atoms with Gasteiger partial charge in [-0.3, -0.25) is 9.59 Å². The monoisotopic (exact) mass is 254 g/mol. The van der Waals surface area contributed by atoms with Crippen molar-refractivity contribution in [3.05, 3.63) is 0 Å². The molecule has 0 saturated carbocycles. The average molecular weight is 254 g/mol. The van der Waals surface area contributed by atoms with Crippen molar-refractivity contribution in [3.8, 4) is 0 Å². The van der Waals surface area contributed by atoms with Crippen molar-refractivity contribution in [2.75, 3.05) is 13.1 Å². The van der Waals surface area contributed by atoms with Crippen molar-refractivity contribution in [3.63, 3.8) is 0 Å². The summed E-state index contributed by atoms with van der Waals surface area (Å²) in [4.78, 5) is 25.0. The van der Waals surface area contributed by atoms with E-state index in [0.717, 1.165) is 19.4 Å². The molecule has 5 N–H and O–H groups in total. The van der Waals surface area contributed by atoms with E-state index in [-0.39, 0.29) is 18.4 Å². The summed E-state index contributed by atoms with van der Waals surface area (Å²) in [6, 6.07) is -0.0173. The number of nitrogens with two attached hydrogens (primary N) is 2. The van der Waals surface area contributed by atoms with Crippen LogP contribution in [0.2, 0.25) is 0 Å². The minimum absolute atomic E-state index is 0.0892. The molecule has 2 amide bonds. The first-order chi connectivity index (χ1) is 8.56. The molecular weight excluding hydrogens is 232 g/mol. The lowest BCUT2D eigenvalue weighted by molar-refractivity contribution is -0.127. The molecule has 0 aromatic heterocycles. The molecule has 6 nitrogen and oxygen atoms in total. The van der Waals surface area contributed by atoms with Crippen LogP contribution >= 0.6 is 0 Å². The molecule has 0 radical (unpaired) electrons. The maximum absolute atomic E-state index is 11.8. The fraction of sp³-hybridized carbons (Fsp3) is 0.833. The van der Waals surface area contributed by atoms with Crippen LogP contribution in [0.3, 0.4) is 0 Å². The van der Waals surface area contributed by atoms with Crippen molar-refractivity contribution in [2.24, 2.45) is 11.5 Å². The Balaban J connectivity index is 1.79. The van der Waals surface area contributed by atoms with E-state index in [2.05, 4.69) is 10.2 Å². The summed E-state index contributed by atoms with van der Waals surface area (Å²) < 4.78 is 0. The number of rotatable bonds is 4. The molecule has 0 aromatic carbocycles. The Morgan fingerprint density at radius 1 is 1.33 bits per heavy atom. The lowest BCUT2D eigenvalue weighted by Crippen LogP contribution is -2.51. The predicted octanol–water partition coefficient (Wildman–Crippen LogP) is -1.07. The fourth-order valence-corrected chi connectivity index (χ4v) is 2.97. The van der Waals surface area contributed by atoms with E-state index >= 15 is 0 Å². The number of hydrogen-bond donors (Lipinski definition) is 3. The Labute approximate surface area is 107 Å². The van der Waals surface area contributed by atoms with E-state index in [1.54, 1.807) is 0 Å². The van der Waals surface area contributed by atoms with Crippen LogP contribution in [0.5, 0.6) is 0 Å². The molecule has 2 aliphatic rings. The lowest BCUT2D eigenvalue weighted by Gasteiger charge is -2.35. The normalized spacial score (nSPS) is 29.6. The van der Waals surface area contributed by atoms with Gasteiger partial charge in [-0.05, 0) is 32.2 Å². The van der Waals surface area contributed by atoms with Gasteiger partial charge in [0.2, 0.25) is 11.8 Å². The molecule has 2 saturated heterocycles. The zero-order chi connectivity index (χ0) is 13.1. The van der Waals surface area contributed by atoms with Crippen LogP contribution in [-0.2, 0) is 9.59 Å². The Bertz CT molecular complexity index is 334. The zero-order valence-electron chi connectivity index (χ0n) is 10.6. The number of primary amides is 1. The SMILES string of the molecule is NC(=O)CC(N)C(=O)NC1CCN2CCCC2C1. The van der Waals surface area contributed by atoms with Gasteiger partial charge < -0.3 is 21.7 Å². The fourth-order valence-electron chi connectivity index (χ4n) is 2.97. The lowest BCUT2D eigenvalue weighted by atomic mass is 9.97. The topological polar surface area (TPSA) is 101 Å². The number of nitrogens with zero attached hydrogens (tertiary/aromatic N) is 1. The minimum Gasteiger partial charge on any atom is -0.370 e. The third-order valence-corrected chi connectivity index (χ3v) is 3.92. The summed E-state index contributed by atoms with van der Waals surface area (Å²) in [6.07, 6.45) is 4.35. The molecule has 3 unspecified atom stereocenters. The maximum atomic E-state index is 11.8. The quantitative estimate of drug-likeness (QED) is 0.594. The molecule has 0 spiro atoms. The number of hydrogen-bond acceptors (Lipinski definition) is 4. The van der Waals surface area contributed by atoms with Crippen molar-refractivity contribution in [1.82, 2.24) is 10.2 Å². The maximum Gasteiger partial charge on any atom is 0.237 e. The van der Waals surface area contributed by atoms with Gasteiger partial charge in [0, 0.05) is 18.6 Å². The summed E-state index contributed by atoms with van der Waals surface area (Å²) in [6.45, 7) is 2.23. The molecule has 6 heteroatoms. The molecule has 102 valence electrons. The minimum atomic E-state index is -0.816.